The minimum absolute atomic E-state index is 0.0568. The van der Waals surface area contributed by atoms with Crippen LogP contribution < -0.4 is 10.6 Å². The van der Waals surface area contributed by atoms with Gasteiger partial charge < -0.3 is 15.7 Å². The van der Waals surface area contributed by atoms with Gasteiger partial charge in [0.15, 0.2) is 0 Å². The number of anilines is 1. The highest BCUT2D eigenvalue weighted by molar-refractivity contribution is 7.90. The maximum absolute atomic E-state index is 14.1. The monoisotopic (exact) mass is 328 g/mol. The Morgan fingerprint density at radius 2 is 2.05 bits per heavy atom. The van der Waals surface area contributed by atoms with E-state index in [1.165, 1.54) is 19.1 Å². The van der Waals surface area contributed by atoms with Gasteiger partial charge in [-0.3, -0.25) is 0 Å². The number of halogens is 1. The molecule has 2 rings (SSSR count). The van der Waals surface area contributed by atoms with Crippen molar-refractivity contribution in [1.82, 2.24) is 0 Å². The lowest BCUT2D eigenvalue weighted by atomic mass is 10.3. The van der Waals surface area contributed by atoms with Gasteiger partial charge in [-0.05, 0) is 31.0 Å². The van der Waals surface area contributed by atoms with Crippen LogP contribution in [-0.2, 0) is 10.0 Å². The first-order valence-electron chi connectivity index (χ1n) is 6.84. The fourth-order valence-electron chi connectivity index (χ4n) is 2.31. The molecule has 4 N–H and O–H groups in total. The first-order chi connectivity index (χ1) is 10.3. The second-order valence-electron chi connectivity index (χ2n) is 5.13. The second-order valence-corrected chi connectivity index (χ2v) is 6.70. The smallest absolute Gasteiger partial charge is 0.287 e. The van der Waals surface area contributed by atoms with Gasteiger partial charge in [-0.2, -0.15) is 8.42 Å². The van der Waals surface area contributed by atoms with Crippen LogP contribution in [0.15, 0.2) is 39.3 Å². The zero-order valence-corrected chi connectivity index (χ0v) is 13.0. The molecule has 0 spiro atoms. The fourth-order valence-corrected chi connectivity index (χ4v) is 3.28. The largest absolute Gasteiger partial charge is 0.597 e. The summed E-state index contributed by atoms with van der Waals surface area (Å²) >= 11 is 0. The van der Waals surface area contributed by atoms with Gasteiger partial charge in [0, 0.05) is 25.7 Å². The van der Waals surface area contributed by atoms with Crippen molar-refractivity contribution in [2.45, 2.75) is 24.7 Å². The van der Waals surface area contributed by atoms with Crippen LogP contribution >= 0.6 is 0 Å². The van der Waals surface area contributed by atoms with Gasteiger partial charge in [-0.1, -0.05) is 0 Å². The number of hydrogen-bond acceptors (Lipinski definition) is 3. The van der Waals surface area contributed by atoms with Crippen molar-refractivity contribution in [1.29, 1.82) is 0 Å². The lowest BCUT2D eigenvalue weighted by Crippen LogP contribution is -2.18. The molecule has 1 aromatic rings. The molecule has 0 bridgehead atoms. The van der Waals surface area contributed by atoms with E-state index in [4.69, 9.17) is 10.8 Å². The first kappa shape index (κ1) is 16.3. The standard InChI is InChI=1S/C14H18FN3O3S/c1-10(19)8-14(16)17-22(20,21)13-5-4-11(9-12(13)15)18-6-2-3-7-18/h4-5,8-9,19H,2-3,6-7H2,1H3,(H2,16,17)/p+1/b10-8-. The average molecular weight is 328 g/mol. The molecule has 0 aromatic heterocycles. The Hall–Kier alpha value is -2.09. The molecule has 1 fully saturated rings. The maximum atomic E-state index is 14.1. The number of nitrogens with two attached hydrogens (primary N) is 1. The van der Waals surface area contributed by atoms with Crippen molar-refractivity contribution in [2.75, 3.05) is 18.0 Å². The summed E-state index contributed by atoms with van der Waals surface area (Å²) in [5.41, 5.74) is 6.08. The number of allylic oxidation sites excluding steroid dienone is 1. The summed E-state index contributed by atoms with van der Waals surface area (Å²) in [4.78, 5) is 1.48. The zero-order valence-electron chi connectivity index (χ0n) is 12.2. The molecule has 0 unspecified atom stereocenters. The molecule has 8 heteroatoms. The molecule has 0 radical (unpaired) electrons. The summed E-state index contributed by atoms with van der Waals surface area (Å²) < 4.78 is 41.6. The molecule has 1 heterocycles. The van der Waals surface area contributed by atoms with Crippen LogP contribution in [0.2, 0.25) is 0 Å². The third-order valence-corrected chi connectivity index (χ3v) is 4.59. The number of sulfonamides is 1. The highest BCUT2D eigenvalue weighted by Crippen LogP contribution is 2.25. The van der Waals surface area contributed by atoms with E-state index in [0.717, 1.165) is 32.0 Å². The van der Waals surface area contributed by atoms with Gasteiger partial charge in [-0.15, -0.1) is 4.40 Å². The lowest BCUT2D eigenvalue weighted by molar-refractivity contribution is 0.415. The highest BCUT2D eigenvalue weighted by atomic mass is 32.2. The van der Waals surface area contributed by atoms with Crippen LogP contribution in [0.5, 0.6) is 0 Å². The van der Waals surface area contributed by atoms with Crippen molar-refractivity contribution in [3.05, 3.63) is 35.9 Å². The molecule has 0 atom stereocenters. The van der Waals surface area contributed by atoms with Gasteiger partial charge in [0.25, 0.3) is 10.0 Å². The number of hydrogen-bond donors (Lipinski definition) is 1. The lowest BCUT2D eigenvalue weighted by Gasteiger charge is -2.17. The SMILES string of the molecule is C/C([OH2+])=C/C(N)=N\S(=O)(=O)c1ccc(N2CCCC2)cc1F. The van der Waals surface area contributed by atoms with Crippen molar-refractivity contribution in [3.8, 4) is 0 Å². The van der Waals surface area contributed by atoms with Gasteiger partial charge >= 0.3 is 0 Å². The second kappa shape index (κ2) is 6.35. The summed E-state index contributed by atoms with van der Waals surface area (Å²) in [6, 6.07) is 3.97. The molecular weight excluding hydrogens is 309 g/mol. The third kappa shape index (κ3) is 3.76. The topological polar surface area (TPSA) is 98.7 Å². The van der Waals surface area contributed by atoms with E-state index < -0.39 is 20.7 Å². The van der Waals surface area contributed by atoms with E-state index in [2.05, 4.69) is 4.40 Å². The Balaban J connectivity index is 2.34. The molecule has 1 aliphatic rings. The van der Waals surface area contributed by atoms with Crippen LogP contribution in [0.3, 0.4) is 0 Å². The molecule has 0 amide bonds. The van der Waals surface area contributed by atoms with Crippen LogP contribution in [-0.4, -0.2) is 32.4 Å². The van der Waals surface area contributed by atoms with E-state index in [-0.39, 0.29) is 11.6 Å². The zero-order chi connectivity index (χ0) is 16.3. The van der Waals surface area contributed by atoms with Crippen LogP contribution in [0, 0.1) is 5.82 Å². The van der Waals surface area contributed by atoms with Gasteiger partial charge in [0.2, 0.25) is 5.76 Å². The van der Waals surface area contributed by atoms with E-state index in [0.29, 0.717) is 5.69 Å². The molecule has 0 aliphatic carbocycles. The summed E-state index contributed by atoms with van der Waals surface area (Å²) in [6.45, 7) is 3.11. The molecule has 120 valence electrons. The Labute approximate surface area is 128 Å². The Morgan fingerprint density at radius 3 is 2.59 bits per heavy atom. The molecular formula is C14H19FN3O3S+. The van der Waals surface area contributed by atoms with E-state index in [9.17, 15) is 12.8 Å². The van der Waals surface area contributed by atoms with Crippen LogP contribution in [0.4, 0.5) is 10.1 Å². The average Bonchev–Trinajstić information content (AvgIpc) is 2.89. The van der Waals surface area contributed by atoms with Gasteiger partial charge in [0.1, 0.15) is 16.5 Å². The van der Waals surface area contributed by atoms with E-state index >= 15 is 0 Å². The Bertz CT molecular complexity index is 719. The van der Waals surface area contributed by atoms with E-state index in [1.54, 1.807) is 6.07 Å². The number of amidine groups is 1. The summed E-state index contributed by atoms with van der Waals surface area (Å²) in [7, 11) is -4.23. The van der Waals surface area contributed by atoms with Crippen LogP contribution in [0.1, 0.15) is 19.8 Å². The molecule has 1 aliphatic heterocycles. The summed E-state index contributed by atoms with van der Waals surface area (Å²) in [6.07, 6.45) is 3.18. The molecule has 0 saturated carbocycles. The molecule has 22 heavy (non-hydrogen) atoms. The number of benzene rings is 1. The van der Waals surface area contributed by atoms with Crippen molar-refractivity contribution in [3.63, 3.8) is 0 Å². The third-order valence-electron chi connectivity index (χ3n) is 3.25. The number of nitrogens with zero attached hydrogens (tertiary/aromatic N) is 2. The van der Waals surface area contributed by atoms with Gasteiger partial charge in [-0.25, -0.2) is 4.39 Å². The summed E-state index contributed by atoms with van der Waals surface area (Å²) in [5, 5.41) is 7.21. The van der Waals surface area contributed by atoms with Gasteiger partial charge in [0.05, 0.1) is 6.08 Å². The first-order valence-corrected chi connectivity index (χ1v) is 8.28. The predicted octanol–water partition coefficient (Wildman–Crippen LogP) is 1.10. The fraction of sp³-hybridized carbons (Fsp3) is 0.357. The quantitative estimate of drug-likeness (QED) is 0.387. The maximum Gasteiger partial charge on any atom is 0.287 e. The normalized spacial score (nSPS) is 17.1. The summed E-state index contributed by atoms with van der Waals surface area (Å²) in [5.74, 6) is -1.15. The minimum Gasteiger partial charge on any atom is -0.597 e. The number of rotatable bonds is 4. The molecule has 1 aromatic carbocycles. The minimum atomic E-state index is -4.23. The van der Waals surface area contributed by atoms with Crippen molar-refractivity contribution >= 4 is 21.5 Å². The predicted molar refractivity (Wildman–Crippen MR) is 84.0 cm³/mol. The Morgan fingerprint density at radius 1 is 1.41 bits per heavy atom. The molecule has 1 saturated heterocycles. The van der Waals surface area contributed by atoms with Crippen LogP contribution in [0.25, 0.3) is 0 Å². The van der Waals surface area contributed by atoms with Crippen molar-refractivity contribution < 1.29 is 17.9 Å². The highest BCUT2D eigenvalue weighted by Gasteiger charge is 2.21. The molecule has 6 nitrogen and oxygen atoms in total. The van der Waals surface area contributed by atoms with E-state index in [1.807, 2.05) is 4.90 Å². The van der Waals surface area contributed by atoms with Crippen molar-refractivity contribution in [2.24, 2.45) is 10.1 Å². The Kier molecular flexibility index (Phi) is 4.70.